The van der Waals surface area contributed by atoms with Crippen LogP contribution in [0.2, 0.25) is 0 Å². The minimum atomic E-state index is -1.03. The normalized spacial score (nSPS) is 14.5. The number of terminal acetylenes is 1. The van der Waals surface area contributed by atoms with Gasteiger partial charge in [-0.15, -0.1) is 6.42 Å². The lowest BCUT2D eigenvalue weighted by Gasteiger charge is -2.14. The SMILES string of the molecule is C#CC(C)(O)CC/C=C(\C)CC/C=C(\C)COC(=O)c1ccccc1. The second kappa shape index (κ2) is 10.5. The smallest absolute Gasteiger partial charge is 0.338 e. The molecule has 0 saturated heterocycles. The molecule has 1 rings (SSSR count). The molecule has 0 aliphatic heterocycles. The van der Waals surface area contributed by atoms with Crippen LogP contribution in [-0.4, -0.2) is 23.3 Å². The van der Waals surface area contributed by atoms with Gasteiger partial charge < -0.3 is 9.84 Å². The molecular weight excluding hydrogens is 312 g/mol. The van der Waals surface area contributed by atoms with Crippen molar-refractivity contribution in [2.75, 3.05) is 6.61 Å². The van der Waals surface area contributed by atoms with E-state index in [9.17, 15) is 9.90 Å². The van der Waals surface area contributed by atoms with E-state index in [-0.39, 0.29) is 5.97 Å². The highest BCUT2D eigenvalue weighted by atomic mass is 16.5. The molecule has 0 fully saturated rings. The molecule has 1 atom stereocenters. The molecule has 3 heteroatoms. The summed E-state index contributed by atoms with van der Waals surface area (Å²) in [6.07, 6.45) is 12.6. The van der Waals surface area contributed by atoms with E-state index < -0.39 is 5.60 Å². The molecular formula is C22H28O3. The molecule has 0 bridgehead atoms. The molecule has 3 nitrogen and oxygen atoms in total. The van der Waals surface area contributed by atoms with Crippen LogP contribution in [0.1, 0.15) is 56.8 Å². The monoisotopic (exact) mass is 340 g/mol. The average Bonchev–Trinajstić information content (AvgIpc) is 2.60. The largest absolute Gasteiger partial charge is 0.458 e. The van der Waals surface area contributed by atoms with Crippen molar-refractivity contribution in [3.05, 3.63) is 59.2 Å². The maximum Gasteiger partial charge on any atom is 0.338 e. The Labute approximate surface area is 151 Å². The van der Waals surface area contributed by atoms with Gasteiger partial charge in [-0.05, 0) is 64.2 Å². The van der Waals surface area contributed by atoms with Gasteiger partial charge in [0.1, 0.15) is 12.2 Å². The molecule has 0 spiro atoms. The van der Waals surface area contributed by atoms with E-state index >= 15 is 0 Å². The predicted octanol–water partition coefficient (Wildman–Crippen LogP) is 4.68. The lowest BCUT2D eigenvalue weighted by molar-refractivity contribution is 0.0539. The van der Waals surface area contributed by atoms with Crippen molar-refractivity contribution in [1.29, 1.82) is 0 Å². The van der Waals surface area contributed by atoms with Gasteiger partial charge in [0.05, 0.1) is 5.56 Å². The Morgan fingerprint density at radius 3 is 2.48 bits per heavy atom. The lowest BCUT2D eigenvalue weighted by atomic mass is 10.00. The van der Waals surface area contributed by atoms with Crippen LogP contribution in [0.5, 0.6) is 0 Å². The van der Waals surface area contributed by atoms with Gasteiger partial charge in [-0.1, -0.05) is 41.8 Å². The summed E-state index contributed by atoms with van der Waals surface area (Å²) >= 11 is 0. The van der Waals surface area contributed by atoms with E-state index in [1.54, 1.807) is 19.1 Å². The first-order valence-electron chi connectivity index (χ1n) is 8.57. The summed E-state index contributed by atoms with van der Waals surface area (Å²) in [6, 6.07) is 8.99. The Morgan fingerprint density at radius 2 is 1.84 bits per heavy atom. The fourth-order valence-electron chi connectivity index (χ4n) is 2.22. The van der Waals surface area contributed by atoms with Gasteiger partial charge >= 0.3 is 5.97 Å². The Kier molecular flexibility index (Phi) is 8.74. The van der Waals surface area contributed by atoms with Gasteiger partial charge in [0.2, 0.25) is 0 Å². The minimum absolute atomic E-state index is 0.301. The number of rotatable bonds is 9. The molecule has 0 aliphatic carbocycles. The number of carbonyl (C=O) groups is 1. The van der Waals surface area contributed by atoms with Crippen molar-refractivity contribution in [3.63, 3.8) is 0 Å². The molecule has 1 aromatic rings. The second-order valence-electron chi connectivity index (χ2n) is 6.54. The number of hydrogen-bond acceptors (Lipinski definition) is 3. The van der Waals surface area contributed by atoms with E-state index in [1.807, 2.05) is 25.1 Å². The molecule has 0 aliphatic rings. The first-order valence-corrected chi connectivity index (χ1v) is 8.57. The Hall–Kier alpha value is -2.31. The standard InChI is InChI=1S/C22H28O3/c1-5-22(4,24)16-10-13-18(2)11-9-12-19(3)17-25-21(23)20-14-7-6-8-15-20/h1,6-8,12-15,24H,9-11,16-17H2,2-4H3/b18-13+,19-12+. The average molecular weight is 340 g/mol. The van der Waals surface area contributed by atoms with Crippen molar-refractivity contribution in [2.24, 2.45) is 0 Å². The van der Waals surface area contributed by atoms with Crippen molar-refractivity contribution in [2.45, 2.75) is 52.1 Å². The number of hydrogen-bond donors (Lipinski definition) is 1. The van der Waals surface area contributed by atoms with Crippen LogP contribution in [0.4, 0.5) is 0 Å². The molecule has 0 amide bonds. The topological polar surface area (TPSA) is 46.5 Å². The van der Waals surface area contributed by atoms with E-state index in [4.69, 9.17) is 11.2 Å². The summed E-state index contributed by atoms with van der Waals surface area (Å²) in [4.78, 5) is 11.9. The van der Waals surface area contributed by atoms with Gasteiger partial charge in [-0.3, -0.25) is 0 Å². The minimum Gasteiger partial charge on any atom is -0.458 e. The van der Waals surface area contributed by atoms with E-state index in [2.05, 4.69) is 25.0 Å². The summed E-state index contributed by atoms with van der Waals surface area (Å²) in [5.41, 5.74) is 1.83. The van der Waals surface area contributed by atoms with Crippen LogP contribution >= 0.6 is 0 Å². The fourth-order valence-corrected chi connectivity index (χ4v) is 2.22. The van der Waals surface area contributed by atoms with Crippen molar-refractivity contribution < 1.29 is 14.6 Å². The van der Waals surface area contributed by atoms with Crippen LogP contribution in [0.15, 0.2) is 53.6 Å². The highest BCUT2D eigenvalue weighted by Gasteiger charge is 2.14. The Bertz CT molecular complexity index is 646. The molecule has 0 heterocycles. The number of carbonyl (C=O) groups excluding carboxylic acids is 1. The summed E-state index contributed by atoms with van der Waals surface area (Å²) < 4.78 is 5.29. The Morgan fingerprint density at radius 1 is 1.20 bits per heavy atom. The number of aliphatic hydroxyl groups is 1. The maximum absolute atomic E-state index is 11.9. The van der Waals surface area contributed by atoms with Gasteiger partial charge in [-0.2, -0.15) is 0 Å². The van der Waals surface area contributed by atoms with Gasteiger partial charge in [0, 0.05) is 0 Å². The Balaban J connectivity index is 2.31. The maximum atomic E-state index is 11.9. The van der Waals surface area contributed by atoms with Crippen LogP contribution < -0.4 is 0 Å². The number of allylic oxidation sites excluding steroid dienone is 3. The first kappa shape index (κ1) is 20.7. The zero-order valence-electron chi connectivity index (χ0n) is 15.4. The molecule has 0 aromatic heterocycles. The molecule has 0 radical (unpaired) electrons. The molecule has 1 N–H and O–H groups in total. The highest BCUT2D eigenvalue weighted by molar-refractivity contribution is 5.89. The van der Waals surface area contributed by atoms with Crippen molar-refractivity contribution in [3.8, 4) is 12.3 Å². The second-order valence-corrected chi connectivity index (χ2v) is 6.54. The fraction of sp³-hybridized carbons (Fsp3) is 0.409. The zero-order chi connectivity index (χ0) is 18.7. The zero-order valence-corrected chi connectivity index (χ0v) is 15.4. The van der Waals surface area contributed by atoms with Gasteiger partial charge in [-0.25, -0.2) is 4.79 Å². The molecule has 134 valence electrons. The molecule has 1 unspecified atom stereocenters. The quantitative estimate of drug-likeness (QED) is 0.403. The summed E-state index contributed by atoms with van der Waals surface area (Å²) in [5, 5.41) is 9.75. The molecule has 25 heavy (non-hydrogen) atoms. The third-order valence-corrected chi connectivity index (χ3v) is 3.91. The predicted molar refractivity (Wildman–Crippen MR) is 102 cm³/mol. The van der Waals surface area contributed by atoms with E-state index in [1.165, 1.54) is 5.57 Å². The molecule has 0 saturated carbocycles. The van der Waals surface area contributed by atoms with Gasteiger partial charge in [0.25, 0.3) is 0 Å². The van der Waals surface area contributed by atoms with Crippen LogP contribution in [0.3, 0.4) is 0 Å². The number of ether oxygens (including phenoxy) is 1. The van der Waals surface area contributed by atoms with Gasteiger partial charge in [0.15, 0.2) is 0 Å². The first-order chi connectivity index (χ1) is 11.8. The third-order valence-electron chi connectivity index (χ3n) is 3.91. The third kappa shape index (κ3) is 8.93. The number of benzene rings is 1. The lowest BCUT2D eigenvalue weighted by Crippen LogP contribution is -2.20. The summed E-state index contributed by atoms with van der Waals surface area (Å²) in [5.74, 6) is 2.08. The van der Waals surface area contributed by atoms with Crippen LogP contribution in [0.25, 0.3) is 0 Å². The summed E-state index contributed by atoms with van der Waals surface area (Å²) in [7, 11) is 0. The van der Waals surface area contributed by atoms with Crippen LogP contribution in [0, 0.1) is 12.3 Å². The molecule has 1 aromatic carbocycles. The number of esters is 1. The van der Waals surface area contributed by atoms with E-state index in [0.29, 0.717) is 18.6 Å². The van der Waals surface area contributed by atoms with Crippen molar-refractivity contribution in [1.82, 2.24) is 0 Å². The van der Waals surface area contributed by atoms with Crippen molar-refractivity contribution >= 4 is 5.97 Å². The van der Waals surface area contributed by atoms with E-state index in [0.717, 1.165) is 24.8 Å². The summed E-state index contributed by atoms with van der Waals surface area (Å²) in [6.45, 7) is 5.99. The van der Waals surface area contributed by atoms with Crippen LogP contribution in [-0.2, 0) is 4.74 Å². The highest BCUT2D eigenvalue weighted by Crippen LogP contribution is 2.14.